The highest BCUT2D eigenvalue weighted by Gasteiger charge is 2.18. The summed E-state index contributed by atoms with van der Waals surface area (Å²) < 4.78 is 1.11. The van der Waals surface area contributed by atoms with Crippen LogP contribution in [-0.2, 0) is 0 Å². The average Bonchev–Trinajstić information content (AvgIpc) is 2.79. The van der Waals surface area contributed by atoms with E-state index in [9.17, 15) is 0 Å². The van der Waals surface area contributed by atoms with Crippen LogP contribution in [0.15, 0.2) is 34.8 Å². The number of nitrogens with one attached hydrogen (secondary N) is 1. The molecule has 0 bridgehead atoms. The molecule has 2 aliphatic carbocycles. The first-order chi connectivity index (χ1) is 8.84. The zero-order chi connectivity index (χ0) is 12.1. The SMILES string of the molecule is Brc1cccc2c3c([nH]c12)=CCC1C=CC#CC=31. The van der Waals surface area contributed by atoms with Gasteiger partial charge in [-0.3, -0.25) is 0 Å². The number of allylic oxidation sites excluding steroid dienone is 2. The molecule has 1 N–H and O–H groups in total. The van der Waals surface area contributed by atoms with Crippen LogP contribution >= 0.6 is 15.9 Å². The van der Waals surface area contributed by atoms with E-state index in [1.807, 2.05) is 6.08 Å². The minimum atomic E-state index is 0.455. The zero-order valence-electron chi connectivity index (χ0n) is 9.63. The van der Waals surface area contributed by atoms with E-state index in [4.69, 9.17) is 0 Å². The van der Waals surface area contributed by atoms with Gasteiger partial charge in [0.2, 0.25) is 0 Å². The standard InChI is InChI=1S/C16H10BrN/c17-13-7-3-6-12-15-11-5-2-1-4-10(11)8-9-14(15)18-16(12)13/h1,3-4,6-7,9-10,18H,8H2. The van der Waals surface area contributed by atoms with Crippen LogP contribution in [0.5, 0.6) is 0 Å². The fourth-order valence-corrected chi connectivity index (χ4v) is 3.27. The number of aromatic nitrogens is 1. The van der Waals surface area contributed by atoms with Gasteiger partial charge in [0.1, 0.15) is 0 Å². The predicted octanol–water partition coefficient (Wildman–Crippen LogP) is 2.45. The zero-order valence-corrected chi connectivity index (χ0v) is 11.2. The summed E-state index contributed by atoms with van der Waals surface area (Å²) in [6, 6.07) is 6.31. The number of benzene rings is 1. The second kappa shape index (κ2) is 3.63. The van der Waals surface area contributed by atoms with Crippen LogP contribution in [0.1, 0.15) is 6.42 Å². The lowest BCUT2D eigenvalue weighted by atomic mass is 9.88. The van der Waals surface area contributed by atoms with E-state index in [2.05, 4.69) is 63.1 Å². The van der Waals surface area contributed by atoms with Crippen molar-refractivity contribution in [2.75, 3.05) is 0 Å². The monoisotopic (exact) mass is 295 g/mol. The minimum Gasteiger partial charge on any atom is -0.354 e. The van der Waals surface area contributed by atoms with Crippen LogP contribution in [0.3, 0.4) is 0 Å². The molecule has 0 amide bonds. The number of hydrogen-bond acceptors (Lipinski definition) is 0. The Kier molecular flexibility index (Phi) is 2.06. The quantitative estimate of drug-likeness (QED) is 0.719. The van der Waals surface area contributed by atoms with Gasteiger partial charge in [-0.25, -0.2) is 0 Å². The highest BCUT2D eigenvalue weighted by Crippen LogP contribution is 2.24. The Morgan fingerprint density at radius 3 is 3.22 bits per heavy atom. The van der Waals surface area contributed by atoms with Gasteiger partial charge >= 0.3 is 0 Å². The van der Waals surface area contributed by atoms with E-state index in [1.165, 1.54) is 27.0 Å². The van der Waals surface area contributed by atoms with Gasteiger partial charge in [-0.1, -0.05) is 36.1 Å². The third-order valence-electron chi connectivity index (χ3n) is 3.65. The number of hydrogen-bond donors (Lipinski definition) is 1. The summed E-state index contributed by atoms with van der Waals surface area (Å²) in [5.74, 6) is 6.84. The van der Waals surface area contributed by atoms with Crippen molar-refractivity contribution in [1.82, 2.24) is 4.98 Å². The first-order valence-corrected chi connectivity index (χ1v) is 6.83. The fraction of sp³-hybridized carbons (Fsp3) is 0.125. The second-order valence-electron chi connectivity index (χ2n) is 4.66. The molecule has 1 heterocycles. The van der Waals surface area contributed by atoms with E-state index >= 15 is 0 Å². The molecule has 0 radical (unpaired) electrons. The maximum atomic E-state index is 3.61. The molecule has 2 heteroatoms. The number of para-hydroxylation sites is 1. The Morgan fingerprint density at radius 1 is 1.33 bits per heavy atom. The molecule has 0 saturated heterocycles. The van der Waals surface area contributed by atoms with E-state index in [-0.39, 0.29) is 0 Å². The molecule has 2 aliphatic rings. The van der Waals surface area contributed by atoms with Gasteiger partial charge in [0.15, 0.2) is 0 Å². The van der Waals surface area contributed by atoms with Crippen molar-refractivity contribution in [3.05, 3.63) is 45.4 Å². The van der Waals surface area contributed by atoms with Gasteiger partial charge in [0, 0.05) is 31.9 Å². The molecular weight excluding hydrogens is 286 g/mol. The summed E-state index contributed by atoms with van der Waals surface area (Å²) in [5, 5.41) is 3.77. The van der Waals surface area contributed by atoms with Gasteiger partial charge in [0.25, 0.3) is 0 Å². The van der Waals surface area contributed by atoms with Crippen molar-refractivity contribution in [2.24, 2.45) is 5.92 Å². The highest BCUT2D eigenvalue weighted by molar-refractivity contribution is 9.10. The highest BCUT2D eigenvalue weighted by atomic mass is 79.9. The van der Waals surface area contributed by atoms with Crippen molar-refractivity contribution in [3.63, 3.8) is 0 Å². The van der Waals surface area contributed by atoms with Crippen LogP contribution in [0.2, 0.25) is 0 Å². The van der Waals surface area contributed by atoms with Gasteiger partial charge in [-0.15, -0.1) is 0 Å². The lowest BCUT2D eigenvalue weighted by molar-refractivity contribution is 0.869. The second-order valence-corrected chi connectivity index (χ2v) is 5.52. The van der Waals surface area contributed by atoms with E-state index in [0.29, 0.717) is 5.92 Å². The minimum absolute atomic E-state index is 0.455. The molecule has 2 aromatic rings. The van der Waals surface area contributed by atoms with Crippen molar-refractivity contribution in [3.8, 4) is 11.8 Å². The van der Waals surface area contributed by atoms with Crippen LogP contribution in [0, 0.1) is 17.8 Å². The largest absolute Gasteiger partial charge is 0.354 e. The molecule has 1 atom stereocenters. The Balaban J connectivity index is 2.28. The maximum absolute atomic E-state index is 3.61. The summed E-state index contributed by atoms with van der Waals surface area (Å²) in [6.07, 6.45) is 7.51. The third-order valence-corrected chi connectivity index (χ3v) is 4.31. The van der Waals surface area contributed by atoms with Crippen LogP contribution in [-0.4, -0.2) is 4.98 Å². The predicted molar refractivity (Wildman–Crippen MR) is 78.1 cm³/mol. The summed E-state index contributed by atoms with van der Waals surface area (Å²) in [4.78, 5) is 3.50. The summed E-state index contributed by atoms with van der Waals surface area (Å²) in [6.45, 7) is 0. The smallest absolute Gasteiger partial charge is 0.0609 e. The summed E-state index contributed by atoms with van der Waals surface area (Å²) in [5.41, 5.74) is 2.43. The lowest BCUT2D eigenvalue weighted by Gasteiger charge is -2.15. The number of aromatic amines is 1. The topological polar surface area (TPSA) is 15.8 Å². The van der Waals surface area contributed by atoms with Crippen LogP contribution in [0.25, 0.3) is 22.6 Å². The molecule has 0 spiro atoms. The van der Waals surface area contributed by atoms with Gasteiger partial charge in [-0.05, 0) is 34.5 Å². The summed E-state index contributed by atoms with van der Waals surface area (Å²) in [7, 11) is 0. The molecule has 4 rings (SSSR count). The molecule has 1 aromatic heterocycles. The van der Waals surface area contributed by atoms with Crippen LogP contribution in [0.4, 0.5) is 0 Å². The van der Waals surface area contributed by atoms with Gasteiger partial charge in [-0.2, -0.15) is 0 Å². The van der Waals surface area contributed by atoms with Crippen LogP contribution < -0.4 is 10.6 Å². The fourth-order valence-electron chi connectivity index (χ4n) is 2.81. The number of fused-ring (bicyclic) bond motifs is 4. The number of rotatable bonds is 0. The van der Waals surface area contributed by atoms with E-state index < -0.39 is 0 Å². The first kappa shape index (κ1) is 10.2. The molecule has 1 unspecified atom stereocenters. The Morgan fingerprint density at radius 2 is 2.28 bits per heavy atom. The number of H-pyrrole nitrogens is 1. The van der Waals surface area contributed by atoms with Crippen molar-refractivity contribution >= 4 is 38.5 Å². The molecule has 18 heavy (non-hydrogen) atoms. The molecular formula is C16H10BrN. The molecule has 0 fully saturated rings. The molecule has 0 saturated carbocycles. The number of halogens is 1. The first-order valence-electron chi connectivity index (χ1n) is 6.03. The van der Waals surface area contributed by atoms with E-state index in [0.717, 1.165) is 10.9 Å². The summed E-state index contributed by atoms with van der Waals surface area (Å²) >= 11 is 3.61. The molecule has 1 nitrogen and oxygen atoms in total. The van der Waals surface area contributed by atoms with E-state index in [1.54, 1.807) is 0 Å². The van der Waals surface area contributed by atoms with Crippen molar-refractivity contribution in [2.45, 2.75) is 6.42 Å². The Bertz CT molecular complexity index is 871. The Hall–Kier alpha value is -1.72. The van der Waals surface area contributed by atoms with Gasteiger partial charge in [0.05, 0.1) is 5.52 Å². The molecule has 1 aromatic carbocycles. The normalized spacial score (nSPS) is 19.8. The van der Waals surface area contributed by atoms with Crippen molar-refractivity contribution in [1.29, 1.82) is 0 Å². The Labute approximate surface area is 113 Å². The molecule has 86 valence electrons. The molecule has 0 aliphatic heterocycles. The lowest BCUT2D eigenvalue weighted by Crippen LogP contribution is -2.31. The maximum Gasteiger partial charge on any atom is 0.0609 e. The van der Waals surface area contributed by atoms with Crippen molar-refractivity contribution < 1.29 is 0 Å². The average molecular weight is 296 g/mol. The third kappa shape index (κ3) is 1.28. The van der Waals surface area contributed by atoms with Gasteiger partial charge < -0.3 is 4.98 Å².